The van der Waals surface area contributed by atoms with Crippen LogP contribution in [0, 0.1) is 5.92 Å². The zero-order valence-corrected chi connectivity index (χ0v) is 20.4. The molecule has 164 valence electrons. The monoisotopic (exact) mass is 516 g/mol. The second kappa shape index (κ2) is 14.5. The van der Waals surface area contributed by atoms with Crippen LogP contribution in [0.3, 0.4) is 0 Å². The number of guanidine groups is 1. The van der Waals surface area contributed by atoms with Gasteiger partial charge in [-0.2, -0.15) is 0 Å². The Labute approximate surface area is 192 Å². The first-order chi connectivity index (χ1) is 13.6. The molecule has 0 spiro atoms. The predicted octanol–water partition coefficient (Wildman–Crippen LogP) is 3.45. The van der Waals surface area contributed by atoms with Crippen molar-refractivity contribution in [1.82, 2.24) is 15.5 Å². The second-order valence-electron chi connectivity index (χ2n) is 7.62. The molecule has 6 nitrogen and oxygen atoms in total. The molecule has 1 aliphatic heterocycles. The number of rotatable bonds is 11. The SMILES string of the molecule is CCNC(=NCCCN1CCCC1=O)NCCc1ccc(OCC(C)C)cc1.I. The number of nitrogens with one attached hydrogen (secondary N) is 2. The number of hydrogen-bond donors (Lipinski definition) is 2. The van der Waals surface area contributed by atoms with Crippen molar-refractivity contribution < 1.29 is 9.53 Å². The summed E-state index contributed by atoms with van der Waals surface area (Å²) >= 11 is 0. The molecule has 2 rings (SSSR count). The van der Waals surface area contributed by atoms with Crippen molar-refractivity contribution in [2.24, 2.45) is 10.9 Å². The summed E-state index contributed by atoms with van der Waals surface area (Å²) in [7, 11) is 0. The fraction of sp³-hybridized carbons (Fsp3) is 0.636. The van der Waals surface area contributed by atoms with Crippen molar-refractivity contribution >= 4 is 35.8 Å². The van der Waals surface area contributed by atoms with Crippen molar-refractivity contribution in [3.8, 4) is 5.75 Å². The first kappa shape index (κ1) is 25.5. The summed E-state index contributed by atoms with van der Waals surface area (Å²) < 4.78 is 5.73. The first-order valence-corrected chi connectivity index (χ1v) is 10.6. The predicted molar refractivity (Wildman–Crippen MR) is 130 cm³/mol. The lowest BCUT2D eigenvalue weighted by molar-refractivity contribution is -0.127. The topological polar surface area (TPSA) is 66.0 Å². The van der Waals surface area contributed by atoms with E-state index in [-0.39, 0.29) is 29.9 Å². The maximum Gasteiger partial charge on any atom is 0.222 e. The van der Waals surface area contributed by atoms with E-state index in [1.807, 2.05) is 17.0 Å². The average molecular weight is 516 g/mol. The Kier molecular flexibility index (Phi) is 12.7. The van der Waals surface area contributed by atoms with Crippen molar-refractivity contribution in [1.29, 1.82) is 0 Å². The maximum atomic E-state index is 11.6. The number of aliphatic imine (C=N–C) groups is 1. The molecule has 0 unspecified atom stereocenters. The van der Waals surface area contributed by atoms with Gasteiger partial charge < -0.3 is 20.3 Å². The van der Waals surface area contributed by atoms with E-state index in [1.165, 1.54) is 5.56 Å². The molecule has 0 aliphatic carbocycles. The van der Waals surface area contributed by atoms with Gasteiger partial charge in [-0.25, -0.2) is 0 Å². The summed E-state index contributed by atoms with van der Waals surface area (Å²) in [5.74, 6) is 2.59. The van der Waals surface area contributed by atoms with Gasteiger partial charge in [0, 0.05) is 39.1 Å². The van der Waals surface area contributed by atoms with Crippen molar-refractivity contribution in [2.45, 2.75) is 46.5 Å². The molecule has 1 saturated heterocycles. The Balaban J connectivity index is 0.00000420. The number of amides is 1. The lowest BCUT2D eigenvalue weighted by Crippen LogP contribution is -2.38. The van der Waals surface area contributed by atoms with E-state index in [4.69, 9.17) is 4.74 Å². The molecule has 2 N–H and O–H groups in total. The number of carbonyl (C=O) groups excluding carboxylic acids is 1. The van der Waals surface area contributed by atoms with Crippen LogP contribution in [0.2, 0.25) is 0 Å². The molecule has 0 radical (unpaired) electrons. The third-order valence-corrected chi connectivity index (χ3v) is 4.58. The average Bonchev–Trinajstić information content (AvgIpc) is 3.09. The molecule has 0 aromatic heterocycles. The molecule has 1 amide bonds. The molecule has 1 aromatic carbocycles. The van der Waals surface area contributed by atoms with Gasteiger partial charge >= 0.3 is 0 Å². The molecule has 1 aromatic rings. The summed E-state index contributed by atoms with van der Waals surface area (Å²) in [6.07, 6.45) is 3.53. The number of likely N-dealkylation sites (tertiary alicyclic amines) is 1. The molecular formula is C22H37IN4O2. The fourth-order valence-electron chi connectivity index (χ4n) is 3.08. The molecule has 0 atom stereocenters. The van der Waals surface area contributed by atoms with Crippen molar-refractivity contribution in [3.05, 3.63) is 29.8 Å². The standard InChI is InChI=1S/C22H36N4O2.HI/c1-4-23-22(24-13-6-16-26-15-5-7-21(26)27)25-14-12-19-8-10-20(11-9-19)28-17-18(2)3;/h8-11,18H,4-7,12-17H2,1-3H3,(H2,23,24,25);1H. The van der Waals surface area contributed by atoms with Gasteiger partial charge in [0.2, 0.25) is 5.91 Å². The Morgan fingerprint density at radius 1 is 1.24 bits per heavy atom. The highest BCUT2D eigenvalue weighted by atomic mass is 127. The van der Waals surface area contributed by atoms with Gasteiger partial charge in [-0.1, -0.05) is 26.0 Å². The number of benzene rings is 1. The summed E-state index contributed by atoms with van der Waals surface area (Å²) in [6.45, 7) is 11.2. The number of halogens is 1. The largest absolute Gasteiger partial charge is 0.493 e. The fourth-order valence-corrected chi connectivity index (χ4v) is 3.08. The molecule has 0 saturated carbocycles. The van der Waals surface area contributed by atoms with Gasteiger partial charge in [-0.05, 0) is 49.8 Å². The third kappa shape index (κ3) is 10.2. The van der Waals surface area contributed by atoms with Crippen LogP contribution >= 0.6 is 24.0 Å². The lowest BCUT2D eigenvalue weighted by Gasteiger charge is -2.15. The van der Waals surface area contributed by atoms with Crippen LogP contribution in [0.5, 0.6) is 5.75 Å². The Bertz CT molecular complexity index is 620. The number of ether oxygens (including phenoxy) is 1. The van der Waals surface area contributed by atoms with E-state index in [0.29, 0.717) is 12.3 Å². The molecule has 0 bridgehead atoms. The zero-order chi connectivity index (χ0) is 20.2. The summed E-state index contributed by atoms with van der Waals surface area (Å²) in [4.78, 5) is 18.2. The van der Waals surface area contributed by atoms with E-state index >= 15 is 0 Å². The van der Waals surface area contributed by atoms with Crippen LogP contribution < -0.4 is 15.4 Å². The molecule has 29 heavy (non-hydrogen) atoms. The quantitative estimate of drug-likeness (QED) is 0.205. The van der Waals surface area contributed by atoms with Crippen LogP contribution in [0.25, 0.3) is 0 Å². The van der Waals surface area contributed by atoms with Crippen LogP contribution in [-0.2, 0) is 11.2 Å². The summed E-state index contributed by atoms with van der Waals surface area (Å²) in [5.41, 5.74) is 1.27. The molecule has 1 aliphatic rings. The number of hydrogen-bond acceptors (Lipinski definition) is 3. The summed E-state index contributed by atoms with van der Waals surface area (Å²) in [6, 6.07) is 8.32. The van der Waals surface area contributed by atoms with Crippen LogP contribution in [0.1, 0.15) is 45.6 Å². The van der Waals surface area contributed by atoms with Gasteiger partial charge in [-0.15, -0.1) is 24.0 Å². The van der Waals surface area contributed by atoms with E-state index in [1.54, 1.807) is 0 Å². The van der Waals surface area contributed by atoms with E-state index in [0.717, 1.165) is 70.3 Å². The third-order valence-electron chi connectivity index (χ3n) is 4.58. The van der Waals surface area contributed by atoms with Crippen molar-refractivity contribution in [2.75, 3.05) is 39.3 Å². The van der Waals surface area contributed by atoms with Gasteiger partial charge in [0.1, 0.15) is 5.75 Å². The minimum atomic E-state index is 0. The van der Waals surface area contributed by atoms with E-state index in [2.05, 4.69) is 48.5 Å². The lowest BCUT2D eigenvalue weighted by atomic mass is 10.1. The highest BCUT2D eigenvalue weighted by Crippen LogP contribution is 2.13. The maximum absolute atomic E-state index is 11.6. The normalized spacial score (nSPS) is 14.1. The minimum absolute atomic E-state index is 0. The minimum Gasteiger partial charge on any atom is -0.493 e. The highest BCUT2D eigenvalue weighted by Gasteiger charge is 2.18. The molecule has 1 fully saturated rings. The van der Waals surface area contributed by atoms with Gasteiger partial charge in [0.15, 0.2) is 5.96 Å². The van der Waals surface area contributed by atoms with Gasteiger partial charge in [0.25, 0.3) is 0 Å². The Morgan fingerprint density at radius 3 is 2.62 bits per heavy atom. The van der Waals surface area contributed by atoms with Crippen molar-refractivity contribution in [3.63, 3.8) is 0 Å². The first-order valence-electron chi connectivity index (χ1n) is 10.6. The van der Waals surface area contributed by atoms with Crippen LogP contribution in [0.4, 0.5) is 0 Å². The number of nitrogens with zero attached hydrogens (tertiary/aromatic N) is 2. The zero-order valence-electron chi connectivity index (χ0n) is 18.1. The molecular weight excluding hydrogens is 479 g/mol. The van der Waals surface area contributed by atoms with Gasteiger partial charge in [0.05, 0.1) is 6.61 Å². The van der Waals surface area contributed by atoms with Gasteiger partial charge in [-0.3, -0.25) is 9.79 Å². The highest BCUT2D eigenvalue weighted by molar-refractivity contribution is 14.0. The molecule has 7 heteroatoms. The van der Waals surface area contributed by atoms with E-state index in [9.17, 15) is 4.79 Å². The summed E-state index contributed by atoms with van der Waals surface area (Å²) in [5, 5.41) is 6.67. The number of carbonyl (C=O) groups is 1. The Hall–Kier alpha value is -1.51. The van der Waals surface area contributed by atoms with Crippen LogP contribution in [0.15, 0.2) is 29.3 Å². The van der Waals surface area contributed by atoms with E-state index < -0.39 is 0 Å². The Morgan fingerprint density at radius 2 is 2.00 bits per heavy atom. The van der Waals surface area contributed by atoms with Crippen LogP contribution in [-0.4, -0.2) is 56.1 Å². The smallest absolute Gasteiger partial charge is 0.222 e. The molecule has 1 heterocycles. The second-order valence-corrected chi connectivity index (χ2v) is 7.62.